The van der Waals surface area contributed by atoms with Crippen LogP contribution in [0.4, 0.5) is 0 Å². The van der Waals surface area contributed by atoms with Crippen molar-refractivity contribution in [1.29, 1.82) is 5.26 Å². The van der Waals surface area contributed by atoms with Gasteiger partial charge in [0, 0.05) is 0 Å². The predicted molar refractivity (Wildman–Crippen MR) is 17.8 cm³/mol. The minimum absolute atomic E-state index is 0. The molecular weight excluding hydrogens is 127 g/mol. The van der Waals surface area contributed by atoms with Crippen molar-refractivity contribution in [3.05, 3.63) is 21.4 Å². The third-order valence-corrected chi connectivity index (χ3v) is 0. The summed E-state index contributed by atoms with van der Waals surface area (Å²) in [5.41, 5.74) is 0. The molecule has 36 valence electrons. The second-order valence-electron chi connectivity index (χ2n) is 0. The van der Waals surface area contributed by atoms with Gasteiger partial charge in [0.15, 0.2) is 0 Å². The molecule has 0 aromatic carbocycles. The van der Waals surface area contributed by atoms with E-state index in [0.29, 0.717) is 0 Å². The minimum Gasteiger partial charge on any atom is -0.512 e. The SMILES string of the molecule is [C-]#N.[CH3-].[CH3-].[Cu+].[Li+].[Li+]. The first-order valence-corrected chi connectivity index (χ1v) is 0.224. The summed E-state index contributed by atoms with van der Waals surface area (Å²) in [4.78, 5) is 0. The Kier molecular flexibility index (Phi) is 2390. The van der Waals surface area contributed by atoms with Crippen LogP contribution in [0.1, 0.15) is 0 Å². The third kappa shape index (κ3) is 135. The molecular formula is C3H6CuLi2N. The van der Waals surface area contributed by atoms with Gasteiger partial charge in [-0.05, 0) is 0 Å². The van der Waals surface area contributed by atoms with E-state index in [2.05, 4.69) is 0 Å². The Morgan fingerprint density at radius 3 is 0.857 bits per heavy atom. The van der Waals surface area contributed by atoms with Gasteiger partial charge in [-0.15, -0.1) is 0 Å². The van der Waals surface area contributed by atoms with Crippen LogP contribution in [0.2, 0.25) is 0 Å². The molecule has 0 radical (unpaired) electrons. The molecule has 4 heteroatoms. The van der Waals surface area contributed by atoms with Crippen LogP contribution < -0.4 is 37.7 Å². The zero-order valence-corrected chi connectivity index (χ0v) is 6.19. The van der Waals surface area contributed by atoms with Crippen molar-refractivity contribution in [2.24, 2.45) is 0 Å². The van der Waals surface area contributed by atoms with Gasteiger partial charge in [0.2, 0.25) is 0 Å². The molecule has 1 nitrogen and oxygen atoms in total. The van der Waals surface area contributed by atoms with Crippen molar-refractivity contribution in [2.45, 2.75) is 0 Å². The fourth-order valence-corrected chi connectivity index (χ4v) is 0. The Morgan fingerprint density at radius 2 is 0.857 bits per heavy atom. The Labute approximate surface area is 81.1 Å². The van der Waals surface area contributed by atoms with Crippen LogP contribution in [-0.2, 0) is 17.1 Å². The van der Waals surface area contributed by atoms with Crippen LogP contribution in [0.5, 0.6) is 0 Å². The zero-order chi connectivity index (χ0) is 2.00. The van der Waals surface area contributed by atoms with Crippen molar-refractivity contribution in [2.75, 3.05) is 0 Å². The number of hydrogen-bond donors (Lipinski definition) is 0. The maximum Gasteiger partial charge on any atom is 1.00 e. The molecule has 0 bridgehead atoms. The van der Waals surface area contributed by atoms with Gasteiger partial charge in [-0.1, -0.05) is 0 Å². The van der Waals surface area contributed by atoms with Crippen LogP contribution in [0.15, 0.2) is 0 Å². The summed E-state index contributed by atoms with van der Waals surface area (Å²) in [7, 11) is 0. The molecule has 0 amide bonds. The summed E-state index contributed by atoms with van der Waals surface area (Å²) >= 11 is 0. The topological polar surface area (TPSA) is 23.8 Å². The van der Waals surface area contributed by atoms with E-state index in [0.717, 1.165) is 0 Å². The van der Waals surface area contributed by atoms with Crippen molar-refractivity contribution in [3.8, 4) is 0 Å². The molecule has 0 spiro atoms. The van der Waals surface area contributed by atoms with Crippen LogP contribution in [0, 0.1) is 26.7 Å². The number of rotatable bonds is 0. The van der Waals surface area contributed by atoms with Crippen molar-refractivity contribution >= 4 is 0 Å². The molecule has 0 rings (SSSR count). The summed E-state index contributed by atoms with van der Waals surface area (Å²) in [6.45, 7) is 4.75. The predicted octanol–water partition coefficient (Wildman–Crippen LogP) is -5.00. The van der Waals surface area contributed by atoms with Gasteiger partial charge >= 0.3 is 54.8 Å². The molecule has 0 fully saturated rings. The van der Waals surface area contributed by atoms with Gasteiger partial charge in [0.05, 0.1) is 0 Å². The fourth-order valence-electron chi connectivity index (χ4n) is 0. The van der Waals surface area contributed by atoms with Gasteiger partial charge in [-0.3, -0.25) is 0 Å². The normalized spacial score (nSPS) is 0.286. The Bertz CT molecular complexity index is 17.7. The minimum atomic E-state index is 0. The van der Waals surface area contributed by atoms with E-state index in [-0.39, 0.29) is 69.6 Å². The molecule has 0 aliphatic heterocycles. The van der Waals surface area contributed by atoms with E-state index in [1.165, 1.54) is 0 Å². The quantitative estimate of drug-likeness (QED) is 0.240. The van der Waals surface area contributed by atoms with Crippen LogP contribution in [0.25, 0.3) is 0 Å². The summed E-state index contributed by atoms with van der Waals surface area (Å²) in [5.74, 6) is 0. The standard InChI is InChI=1S/CN.2CH3.Cu.2Li/c1-2;;;;;/h;2*1H3;;;/q3*-1;3*+1. The molecule has 0 aliphatic carbocycles. The monoisotopic (exact) mass is 133 g/mol. The average Bonchev–Trinajstić information content (AvgIpc) is 1.00. The molecule has 0 saturated heterocycles. The van der Waals surface area contributed by atoms with Gasteiger partial charge in [-0.2, -0.15) is 0 Å². The molecule has 0 aromatic heterocycles. The van der Waals surface area contributed by atoms with Crippen LogP contribution >= 0.6 is 0 Å². The van der Waals surface area contributed by atoms with E-state index in [1.807, 2.05) is 0 Å². The maximum atomic E-state index is 6.25. The van der Waals surface area contributed by atoms with E-state index < -0.39 is 0 Å². The van der Waals surface area contributed by atoms with Gasteiger partial charge in [0.25, 0.3) is 0 Å². The second kappa shape index (κ2) is 191. The molecule has 0 aliphatic rings. The smallest absolute Gasteiger partial charge is 0.512 e. The Hall–Kier alpha value is 1.20. The van der Waals surface area contributed by atoms with E-state index in [4.69, 9.17) is 11.8 Å². The third-order valence-electron chi connectivity index (χ3n) is 0. The summed E-state index contributed by atoms with van der Waals surface area (Å²) < 4.78 is 0. The van der Waals surface area contributed by atoms with Gasteiger partial charge < -0.3 is 26.7 Å². The summed E-state index contributed by atoms with van der Waals surface area (Å²) in [5, 5.41) is 6.25. The molecule has 0 aromatic rings. The first-order chi connectivity index (χ1) is 1.00. The van der Waals surface area contributed by atoms with E-state index in [9.17, 15) is 0 Å². The Balaban J connectivity index is -0.000000000500. The van der Waals surface area contributed by atoms with E-state index >= 15 is 0 Å². The fraction of sp³-hybridized carbons (Fsp3) is 0. The number of hydrogen-bond acceptors (Lipinski definition) is 1. The first-order valence-electron chi connectivity index (χ1n) is 0.224. The molecule has 0 N–H and O–H groups in total. The molecule has 0 heterocycles. The van der Waals surface area contributed by atoms with Crippen LogP contribution in [-0.4, -0.2) is 0 Å². The van der Waals surface area contributed by atoms with Crippen molar-refractivity contribution in [3.63, 3.8) is 0 Å². The van der Waals surface area contributed by atoms with Crippen molar-refractivity contribution < 1.29 is 54.8 Å². The summed E-state index contributed by atoms with van der Waals surface area (Å²) in [6.07, 6.45) is 0. The van der Waals surface area contributed by atoms with Crippen LogP contribution in [0.3, 0.4) is 0 Å². The molecule has 7 heavy (non-hydrogen) atoms. The van der Waals surface area contributed by atoms with Gasteiger partial charge in [-0.25, -0.2) is 0 Å². The van der Waals surface area contributed by atoms with Gasteiger partial charge in [0.1, 0.15) is 0 Å². The zero-order valence-electron chi connectivity index (χ0n) is 5.25. The largest absolute Gasteiger partial charge is 1.00 e. The molecule has 0 atom stereocenters. The Morgan fingerprint density at radius 1 is 0.857 bits per heavy atom. The molecule has 0 unspecified atom stereocenters. The van der Waals surface area contributed by atoms with Crippen molar-refractivity contribution in [1.82, 2.24) is 0 Å². The first kappa shape index (κ1) is 87.6. The second-order valence-corrected chi connectivity index (χ2v) is 0. The maximum absolute atomic E-state index is 6.25. The number of nitrogens with zero attached hydrogens (tertiary/aromatic N) is 1. The summed E-state index contributed by atoms with van der Waals surface area (Å²) in [6, 6.07) is 0. The molecule has 0 saturated carbocycles. The van der Waals surface area contributed by atoms with E-state index in [1.54, 1.807) is 0 Å². The average molecular weight is 134 g/mol.